The number of benzene rings is 1. The first-order valence-corrected chi connectivity index (χ1v) is 7.86. The van der Waals surface area contributed by atoms with Gasteiger partial charge in [-0.25, -0.2) is 4.98 Å². The Bertz CT molecular complexity index is 641. The summed E-state index contributed by atoms with van der Waals surface area (Å²) in [6, 6.07) is 10.3. The van der Waals surface area contributed by atoms with Crippen LogP contribution in [0.2, 0.25) is 0 Å². The lowest BCUT2D eigenvalue weighted by Crippen LogP contribution is -2.16. The van der Waals surface area contributed by atoms with Crippen LogP contribution in [0.4, 0.5) is 0 Å². The first-order valence-electron chi connectivity index (χ1n) is 6.18. The highest BCUT2D eigenvalue weighted by Gasteiger charge is 2.02. The quantitative estimate of drug-likeness (QED) is 0.697. The molecule has 3 rings (SSSR count). The number of hydrogen-bond acceptors (Lipinski definition) is 3. The maximum Gasteiger partial charge on any atom is 0.108 e. The second-order valence-electron chi connectivity index (χ2n) is 4.36. The van der Waals surface area contributed by atoms with Gasteiger partial charge in [-0.05, 0) is 34.1 Å². The monoisotopic (exact) mass is 335 g/mol. The Kier molecular flexibility index (Phi) is 3.96. The van der Waals surface area contributed by atoms with Crippen LogP contribution >= 0.6 is 27.3 Å². The lowest BCUT2D eigenvalue weighted by molar-refractivity contribution is 0.681. The Morgan fingerprint density at radius 1 is 1.32 bits per heavy atom. The Morgan fingerprint density at radius 3 is 3.00 bits per heavy atom. The number of para-hydroxylation sites is 2. The van der Waals surface area contributed by atoms with Crippen molar-refractivity contribution >= 4 is 38.3 Å². The summed E-state index contributed by atoms with van der Waals surface area (Å²) in [6.45, 7) is 1.84. The van der Waals surface area contributed by atoms with E-state index in [1.807, 2.05) is 18.2 Å². The average molecular weight is 336 g/mol. The number of halogens is 1. The largest absolute Gasteiger partial charge is 0.342 e. The Hall–Kier alpha value is -1.17. The van der Waals surface area contributed by atoms with E-state index in [9.17, 15) is 0 Å². The Labute approximate surface area is 124 Å². The van der Waals surface area contributed by atoms with Gasteiger partial charge in [0.25, 0.3) is 0 Å². The van der Waals surface area contributed by atoms with Crippen LogP contribution in [0.5, 0.6) is 0 Å². The van der Waals surface area contributed by atoms with Crippen LogP contribution in [0.15, 0.2) is 40.2 Å². The fourth-order valence-electron chi connectivity index (χ4n) is 1.99. The van der Waals surface area contributed by atoms with Crippen molar-refractivity contribution in [2.24, 2.45) is 0 Å². The molecule has 0 unspecified atom stereocenters. The molecule has 5 heteroatoms. The predicted octanol–water partition coefficient (Wildman–Crippen LogP) is 3.72. The fraction of sp³-hybridized carbons (Fsp3) is 0.214. The number of H-pyrrole nitrogens is 1. The summed E-state index contributed by atoms with van der Waals surface area (Å²) in [6.07, 6.45) is 0.918. The van der Waals surface area contributed by atoms with Crippen LogP contribution in [-0.4, -0.2) is 16.5 Å². The van der Waals surface area contributed by atoms with Crippen molar-refractivity contribution in [3.05, 3.63) is 50.9 Å². The summed E-state index contributed by atoms with van der Waals surface area (Å²) in [5, 5.41) is 5.54. The van der Waals surface area contributed by atoms with Gasteiger partial charge in [-0.1, -0.05) is 12.1 Å². The SMILES string of the molecule is Brc1csc(CNCCc2nc3ccccc3[nH]2)c1. The van der Waals surface area contributed by atoms with Crippen molar-refractivity contribution < 1.29 is 0 Å². The third-order valence-electron chi connectivity index (χ3n) is 2.90. The molecular formula is C14H14BrN3S. The summed E-state index contributed by atoms with van der Waals surface area (Å²) >= 11 is 5.23. The van der Waals surface area contributed by atoms with Gasteiger partial charge in [-0.2, -0.15) is 0 Å². The van der Waals surface area contributed by atoms with Gasteiger partial charge in [0.15, 0.2) is 0 Å². The molecule has 2 aromatic heterocycles. The molecule has 0 atom stereocenters. The van der Waals surface area contributed by atoms with Gasteiger partial charge >= 0.3 is 0 Å². The normalized spacial score (nSPS) is 11.2. The average Bonchev–Trinajstić information content (AvgIpc) is 3.00. The molecule has 2 heterocycles. The molecule has 2 N–H and O–H groups in total. The number of thiophene rings is 1. The highest BCUT2D eigenvalue weighted by atomic mass is 79.9. The number of imidazole rings is 1. The van der Waals surface area contributed by atoms with Crippen LogP contribution in [0.1, 0.15) is 10.7 Å². The van der Waals surface area contributed by atoms with E-state index in [0.717, 1.165) is 40.8 Å². The second-order valence-corrected chi connectivity index (χ2v) is 6.27. The molecule has 0 aliphatic carbocycles. The van der Waals surface area contributed by atoms with Crippen molar-refractivity contribution in [3.8, 4) is 0 Å². The zero-order valence-corrected chi connectivity index (χ0v) is 12.7. The third kappa shape index (κ3) is 3.23. The van der Waals surface area contributed by atoms with Gasteiger partial charge in [-0.15, -0.1) is 11.3 Å². The van der Waals surface area contributed by atoms with Crippen molar-refractivity contribution in [1.29, 1.82) is 0 Å². The zero-order chi connectivity index (χ0) is 13.1. The zero-order valence-electron chi connectivity index (χ0n) is 10.3. The minimum atomic E-state index is 0.913. The molecule has 3 nitrogen and oxygen atoms in total. The van der Waals surface area contributed by atoms with Crippen LogP contribution in [0.3, 0.4) is 0 Å². The van der Waals surface area contributed by atoms with Gasteiger partial charge in [-0.3, -0.25) is 0 Å². The van der Waals surface area contributed by atoms with Crippen molar-refractivity contribution in [1.82, 2.24) is 15.3 Å². The first-order chi connectivity index (χ1) is 9.31. The van der Waals surface area contributed by atoms with Gasteiger partial charge in [0.2, 0.25) is 0 Å². The van der Waals surface area contributed by atoms with Gasteiger partial charge in [0.1, 0.15) is 5.82 Å². The van der Waals surface area contributed by atoms with Crippen molar-refractivity contribution in [2.75, 3.05) is 6.54 Å². The number of aromatic amines is 1. The minimum absolute atomic E-state index is 0.913. The minimum Gasteiger partial charge on any atom is -0.342 e. The van der Waals surface area contributed by atoms with E-state index in [4.69, 9.17) is 0 Å². The summed E-state index contributed by atoms with van der Waals surface area (Å²) in [5.41, 5.74) is 2.15. The number of fused-ring (bicyclic) bond motifs is 1. The summed E-state index contributed by atoms with van der Waals surface area (Å²) in [4.78, 5) is 9.25. The molecule has 0 saturated carbocycles. The molecule has 3 aromatic rings. The molecule has 98 valence electrons. The van der Waals surface area contributed by atoms with E-state index in [2.05, 4.69) is 48.7 Å². The lowest BCUT2D eigenvalue weighted by Gasteiger charge is -2.00. The molecule has 0 fully saturated rings. The van der Waals surface area contributed by atoms with Gasteiger partial charge < -0.3 is 10.3 Å². The van der Waals surface area contributed by atoms with Crippen molar-refractivity contribution in [2.45, 2.75) is 13.0 Å². The number of hydrogen-bond donors (Lipinski definition) is 2. The topological polar surface area (TPSA) is 40.7 Å². The molecule has 0 spiro atoms. The predicted molar refractivity (Wildman–Crippen MR) is 83.5 cm³/mol. The molecule has 0 amide bonds. The van der Waals surface area contributed by atoms with E-state index in [1.165, 1.54) is 4.88 Å². The van der Waals surface area contributed by atoms with Crippen LogP contribution in [-0.2, 0) is 13.0 Å². The van der Waals surface area contributed by atoms with Gasteiger partial charge in [0, 0.05) is 34.2 Å². The highest BCUT2D eigenvalue weighted by Crippen LogP contribution is 2.19. The molecule has 0 saturated heterocycles. The summed E-state index contributed by atoms with van der Waals surface area (Å²) in [5.74, 6) is 1.04. The maximum atomic E-state index is 4.56. The van der Waals surface area contributed by atoms with Gasteiger partial charge in [0.05, 0.1) is 11.0 Å². The standard InChI is InChI=1S/C14H14BrN3S/c15-10-7-11(19-9-10)8-16-6-5-14-17-12-3-1-2-4-13(12)18-14/h1-4,7,9,16H,5-6,8H2,(H,17,18). The van der Waals surface area contributed by atoms with Crippen LogP contribution < -0.4 is 5.32 Å². The first kappa shape index (κ1) is 12.8. The smallest absolute Gasteiger partial charge is 0.108 e. The van der Waals surface area contributed by atoms with Crippen LogP contribution in [0.25, 0.3) is 11.0 Å². The number of nitrogens with one attached hydrogen (secondary N) is 2. The molecule has 0 bridgehead atoms. The molecule has 0 aliphatic heterocycles. The second kappa shape index (κ2) is 5.86. The molecule has 0 radical (unpaired) electrons. The lowest BCUT2D eigenvalue weighted by atomic mass is 10.3. The van der Waals surface area contributed by atoms with Crippen LogP contribution in [0, 0.1) is 0 Å². The molecular weight excluding hydrogens is 322 g/mol. The Morgan fingerprint density at radius 2 is 2.21 bits per heavy atom. The maximum absolute atomic E-state index is 4.56. The fourth-order valence-corrected chi connectivity index (χ4v) is 3.41. The molecule has 0 aliphatic rings. The summed E-state index contributed by atoms with van der Waals surface area (Å²) in [7, 11) is 0. The van der Waals surface area contributed by atoms with E-state index in [-0.39, 0.29) is 0 Å². The number of rotatable bonds is 5. The number of nitrogens with zero attached hydrogens (tertiary/aromatic N) is 1. The molecule has 19 heavy (non-hydrogen) atoms. The van der Waals surface area contributed by atoms with Crippen molar-refractivity contribution in [3.63, 3.8) is 0 Å². The summed E-state index contributed by atoms with van der Waals surface area (Å²) < 4.78 is 1.16. The third-order valence-corrected chi connectivity index (χ3v) is 4.60. The molecule has 1 aromatic carbocycles. The highest BCUT2D eigenvalue weighted by molar-refractivity contribution is 9.10. The number of aromatic nitrogens is 2. The van der Waals surface area contributed by atoms with E-state index < -0.39 is 0 Å². The van der Waals surface area contributed by atoms with E-state index >= 15 is 0 Å². The van der Waals surface area contributed by atoms with E-state index in [0.29, 0.717) is 0 Å². The van der Waals surface area contributed by atoms with E-state index in [1.54, 1.807) is 11.3 Å². The Balaban J connectivity index is 1.52.